The van der Waals surface area contributed by atoms with Gasteiger partial charge in [-0.15, -0.1) is 0 Å². The van der Waals surface area contributed by atoms with Crippen LogP contribution in [-0.4, -0.2) is 33.7 Å². The van der Waals surface area contributed by atoms with E-state index in [1.165, 1.54) is 4.88 Å². The molecule has 0 bridgehead atoms. The molecule has 1 saturated heterocycles. The summed E-state index contributed by atoms with van der Waals surface area (Å²) in [5.74, 6) is 0.940. The first kappa shape index (κ1) is 19.6. The van der Waals surface area contributed by atoms with Crippen LogP contribution < -0.4 is 15.0 Å². The molecule has 0 aliphatic carbocycles. The van der Waals surface area contributed by atoms with Crippen LogP contribution in [0, 0.1) is 0 Å². The normalized spacial score (nSPS) is 19.6. The van der Waals surface area contributed by atoms with Crippen LogP contribution in [0.3, 0.4) is 0 Å². The molecule has 2 aliphatic heterocycles. The van der Waals surface area contributed by atoms with E-state index in [4.69, 9.17) is 9.72 Å². The Morgan fingerprint density at radius 1 is 1.13 bits per heavy atom. The van der Waals surface area contributed by atoms with Crippen molar-refractivity contribution in [2.24, 2.45) is 0 Å². The lowest BCUT2D eigenvalue weighted by molar-refractivity contribution is 0.161. The zero-order chi connectivity index (χ0) is 21.1. The van der Waals surface area contributed by atoms with Gasteiger partial charge in [0.15, 0.2) is 5.13 Å². The summed E-state index contributed by atoms with van der Waals surface area (Å²) < 4.78 is 8.20. The monoisotopic (exact) mass is 422 g/mol. The summed E-state index contributed by atoms with van der Waals surface area (Å²) in [6.45, 7) is 9.73. The predicted octanol–water partition coefficient (Wildman–Crippen LogP) is 5.24. The molecule has 5 rings (SSSR count). The van der Waals surface area contributed by atoms with Gasteiger partial charge < -0.3 is 19.5 Å². The maximum Gasteiger partial charge on any atom is 0.186 e. The number of anilines is 1. The Balaban J connectivity index is 1.45. The minimum Gasteiger partial charge on any atom is -0.486 e. The average Bonchev–Trinajstić information content (AvgIpc) is 3.34. The van der Waals surface area contributed by atoms with Crippen LogP contribution >= 0.6 is 11.3 Å². The molecule has 0 spiro atoms. The van der Waals surface area contributed by atoms with Gasteiger partial charge in [0, 0.05) is 53.9 Å². The SMILES string of the molecule is CN(c1nc2c(s1)-c1ccc(-n3cccc3)cc1OC2)C1CC(C)(C)NC(C)(C)C1. The largest absolute Gasteiger partial charge is 0.486 e. The molecule has 1 fully saturated rings. The van der Waals surface area contributed by atoms with Gasteiger partial charge in [-0.1, -0.05) is 11.3 Å². The molecule has 0 radical (unpaired) electrons. The van der Waals surface area contributed by atoms with Crippen LogP contribution in [0.4, 0.5) is 5.13 Å². The third-order valence-corrected chi connectivity index (χ3v) is 7.40. The van der Waals surface area contributed by atoms with E-state index in [2.05, 4.69) is 80.1 Å². The van der Waals surface area contributed by atoms with Gasteiger partial charge in [0.05, 0.1) is 10.6 Å². The van der Waals surface area contributed by atoms with Crippen molar-refractivity contribution in [1.29, 1.82) is 0 Å². The number of fused-ring (bicyclic) bond motifs is 3. The number of benzene rings is 1. The number of hydrogen-bond acceptors (Lipinski definition) is 5. The molecule has 30 heavy (non-hydrogen) atoms. The third kappa shape index (κ3) is 3.52. The number of nitrogens with zero attached hydrogens (tertiary/aromatic N) is 3. The first-order chi connectivity index (χ1) is 14.2. The van der Waals surface area contributed by atoms with Crippen molar-refractivity contribution in [3.8, 4) is 21.9 Å². The number of rotatable bonds is 3. The molecule has 0 amide bonds. The standard InChI is InChI=1S/C24H30N4OS/c1-23(2)13-17(14-24(3,4)26-23)27(5)22-25-19-15-29-20-12-16(28-10-6-7-11-28)8-9-18(20)21(19)30-22/h6-12,17,26H,13-15H2,1-5H3. The molecule has 2 aliphatic rings. The molecule has 2 aromatic heterocycles. The number of ether oxygens (including phenoxy) is 1. The van der Waals surface area contributed by atoms with E-state index in [1.807, 2.05) is 12.1 Å². The second-order valence-electron chi connectivity index (χ2n) is 9.90. The molecule has 0 saturated carbocycles. The molecule has 3 aromatic rings. The first-order valence-corrected chi connectivity index (χ1v) is 11.4. The maximum absolute atomic E-state index is 6.10. The molecule has 0 atom stereocenters. The Bertz CT molecular complexity index is 1050. The van der Waals surface area contributed by atoms with Crippen molar-refractivity contribution in [2.75, 3.05) is 11.9 Å². The summed E-state index contributed by atoms with van der Waals surface area (Å²) >= 11 is 1.79. The predicted molar refractivity (Wildman–Crippen MR) is 124 cm³/mol. The number of piperidine rings is 1. The minimum absolute atomic E-state index is 0.113. The summed E-state index contributed by atoms with van der Waals surface area (Å²) in [5, 5.41) is 4.87. The summed E-state index contributed by atoms with van der Waals surface area (Å²) in [7, 11) is 2.20. The van der Waals surface area contributed by atoms with Gasteiger partial charge in [-0.3, -0.25) is 0 Å². The van der Waals surface area contributed by atoms with Crippen molar-refractivity contribution in [3.05, 3.63) is 48.4 Å². The fourth-order valence-electron chi connectivity index (χ4n) is 5.13. The van der Waals surface area contributed by atoms with E-state index in [0.717, 1.165) is 40.7 Å². The quantitative estimate of drug-likeness (QED) is 0.627. The van der Waals surface area contributed by atoms with Crippen molar-refractivity contribution < 1.29 is 4.74 Å². The van der Waals surface area contributed by atoms with Gasteiger partial charge in [-0.25, -0.2) is 4.98 Å². The van der Waals surface area contributed by atoms with Crippen LogP contribution in [0.25, 0.3) is 16.1 Å². The third-order valence-electron chi connectivity index (χ3n) is 6.18. The zero-order valence-electron chi connectivity index (χ0n) is 18.4. The molecule has 1 N–H and O–H groups in total. The smallest absolute Gasteiger partial charge is 0.186 e. The molecular formula is C24H30N4OS. The van der Waals surface area contributed by atoms with Gasteiger partial charge in [-0.2, -0.15) is 0 Å². The molecule has 0 unspecified atom stereocenters. The highest BCUT2D eigenvalue weighted by atomic mass is 32.1. The molecule has 5 nitrogen and oxygen atoms in total. The van der Waals surface area contributed by atoms with Gasteiger partial charge in [0.2, 0.25) is 0 Å². The molecular weight excluding hydrogens is 392 g/mol. The zero-order valence-corrected chi connectivity index (χ0v) is 19.2. The summed E-state index contributed by atoms with van der Waals surface area (Å²) in [5.41, 5.74) is 3.54. The lowest BCUT2D eigenvalue weighted by Crippen LogP contribution is -2.61. The van der Waals surface area contributed by atoms with Crippen LogP contribution in [0.5, 0.6) is 5.75 Å². The van der Waals surface area contributed by atoms with Crippen molar-refractivity contribution >= 4 is 16.5 Å². The second-order valence-corrected chi connectivity index (χ2v) is 10.9. The van der Waals surface area contributed by atoms with E-state index >= 15 is 0 Å². The van der Waals surface area contributed by atoms with Gasteiger partial charge in [0.25, 0.3) is 0 Å². The van der Waals surface area contributed by atoms with E-state index in [1.54, 1.807) is 11.3 Å². The average molecular weight is 423 g/mol. The van der Waals surface area contributed by atoms with E-state index in [-0.39, 0.29) is 11.1 Å². The van der Waals surface area contributed by atoms with Crippen LogP contribution in [0.2, 0.25) is 0 Å². The highest BCUT2D eigenvalue weighted by Crippen LogP contribution is 2.45. The van der Waals surface area contributed by atoms with Crippen molar-refractivity contribution in [1.82, 2.24) is 14.9 Å². The Hall–Kier alpha value is -2.31. The number of aromatic nitrogens is 2. The van der Waals surface area contributed by atoms with Crippen LogP contribution in [0.15, 0.2) is 42.7 Å². The van der Waals surface area contributed by atoms with Crippen LogP contribution in [-0.2, 0) is 6.61 Å². The number of thiazole rings is 1. The second kappa shape index (κ2) is 6.86. The Kier molecular flexibility index (Phi) is 4.49. The van der Waals surface area contributed by atoms with E-state index in [0.29, 0.717) is 12.6 Å². The Morgan fingerprint density at radius 2 is 1.83 bits per heavy atom. The highest BCUT2D eigenvalue weighted by Gasteiger charge is 2.40. The lowest BCUT2D eigenvalue weighted by atomic mass is 9.79. The molecule has 6 heteroatoms. The summed E-state index contributed by atoms with van der Waals surface area (Å²) in [6, 6.07) is 11.0. The highest BCUT2D eigenvalue weighted by molar-refractivity contribution is 7.19. The summed E-state index contributed by atoms with van der Waals surface area (Å²) in [6.07, 6.45) is 6.31. The maximum atomic E-state index is 6.10. The van der Waals surface area contributed by atoms with E-state index < -0.39 is 0 Å². The summed E-state index contributed by atoms with van der Waals surface area (Å²) in [4.78, 5) is 8.62. The van der Waals surface area contributed by atoms with Gasteiger partial charge in [0.1, 0.15) is 12.4 Å². The molecule has 4 heterocycles. The molecule has 158 valence electrons. The van der Waals surface area contributed by atoms with Gasteiger partial charge in [-0.05, 0) is 64.8 Å². The van der Waals surface area contributed by atoms with Crippen molar-refractivity contribution in [3.63, 3.8) is 0 Å². The Labute approximate surface area is 182 Å². The topological polar surface area (TPSA) is 42.3 Å². The molecule has 1 aromatic carbocycles. The fourth-order valence-corrected chi connectivity index (χ4v) is 6.26. The minimum atomic E-state index is 0.113. The lowest BCUT2D eigenvalue weighted by Gasteiger charge is -2.48. The first-order valence-electron chi connectivity index (χ1n) is 10.6. The Morgan fingerprint density at radius 3 is 2.53 bits per heavy atom. The van der Waals surface area contributed by atoms with Crippen LogP contribution in [0.1, 0.15) is 46.2 Å². The fraction of sp³-hybridized carbons (Fsp3) is 0.458. The van der Waals surface area contributed by atoms with Crippen molar-refractivity contribution in [2.45, 2.75) is 64.3 Å². The van der Waals surface area contributed by atoms with E-state index in [9.17, 15) is 0 Å². The number of hydrogen-bond donors (Lipinski definition) is 1. The van der Waals surface area contributed by atoms with Gasteiger partial charge >= 0.3 is 0 Å². The number of nitrogens with one attached hydrogen (secondary N) is 1.